The van der Waals surface area contributed by atoms with E-state index in [0.717, 1.165) is 7.11 Å². The Balaban J connectivity index is 3.08. The van der Waals surface area contributed by atoms with E-state index in [0.29, 0.717) is 6.07 Å². The monoisotopic (exact) mass is 390 g/mol. The number of carbonyl (C=O) groups is 2. The molecule has 5 N–H and O–H groups in total. The lowest BCUT2D eigenvalue weighted by molar-refractivity contribution is -0.137. The Morgan fingerprint density at radius 1 is 1.11 bits per heavy atom. The number of pyridine rings is 1. The average molecular weight is 390 g/mol. The summed E-state index contributed by atoms with van der Waals surface area (Å²) in [6.07, 6.45) is -4.97. The molecule has 0 radical (unpaired) electrons. The second-order valence-corrected chi connectivity index (χ2v) is 5.14. The number of aromatic nitrogens is 1. The number of carboxylic acid groups (broad SMARTS) is 2. The number of aromatic carboxylic acids is 2. The number of carboxylic acids is 2. The van der Waals surface area contributed by atoms with Gasteiger partial charge in [0, 0.05) is 5.56 Å². The summed E-state index contributed by atoms with van der Waals surface area (Å²) in [7, 11) is 0.857. The van der Waals surface area contributed by atoms with Crippen molar-refractivity contribution in [3.05, 3.63) is 45.0 Å². The molecule has 0 atom stereocenters. The first-order valence-corrected chi connectivity index (χ1v) is 6.87. The molecule has 1 aromatic carbocycles. The SMILES string of the molecule is COc1cc(C(F)(F)F)cc(F)c1-c1c(C(=O)O)c(N)[nH]c(=O)c1C(=O)O. The van der Waals surface area contributed by atoms with Crippen LogP contribution < -0.4 is 16.0 Å². The molecular formula is C15H10F4N2O6. The molecule has 144 valence electrons. The van der Waals surface area contributed by atoms with Crippen molar-refractivity contribution in [1.29, 1.82) is 0 Å². The maximum Gasteiger partial charge on any atom is 0.416 e. The largest absolute Gasteiger partial charge is 0.496 e. The predicted molar refractivity (Wildman–Crippen MR) is 82.3 cm³/mol. The second-order valence-electron chi connectivity index (χ2n) is 5.14. The molecule has 8 nitrogen and oxygen atoms in total. The highest BCUT2D eigenvalue weighted by molar-refractivity contribution is 6.08. The van der Waals surface area contributed by atoms with Crippen LogP contribution in [0.25, 0.3) is 11.1 Å². The van der Waals surface area contributed by atoms with Crippen LogP contribution in [0, 0.1) is 5.82 Å². The van der Waals surface area contributed by atoms with Crippen LogP contribution >= 0.6 is 0 Å². The van der Waals surface area contributed by atoms with Crippen LogP contribution in [0.2, 0.25) is 0 Å². The minimum Gasteiger partial charge on any atom is -0.496 e. The Morgan fingerprint density at radius 3 is 2.11 bits per heavy atom. The van der Waals surface area contributed by atoms with Crippen LogP contribution in [0.4, 0.5) is 23.4 Å². The normalized spacial score (nSPS) is 11.3. The highest BCUT2D eigenvalue weighted by atomic mass is 19.4. The topological polar surface area (TPSA) is 143 Å². The van der Waals surface area contributed by atoms with Crippen molar-refractivity contribution in [3.63, 3.8) is 0 Å². The van der Waals surface area contributed by atoms with E-state index in [1.54, 1.807) is 4.98 Å². The Morgan fingerprint density at radius 2 is 1.67 bits per heavy atom. The standard InChI is InChI=1S/C15H10F4N2O6/c1-27-6-3-4(15(17,18)19)2-5(16)7(6)8-9(13(23)24)11(20)21-12(22)10(8)14(25)26/h2-3H,1H3,(H,23,24)(H,25,26)(H3,20,21,22). The summed E-state index contributed by atoms with van der Waals surface area (Å²) in [5.74, 6) is -7.10. The van der Waals surface area contributed by atoms with Crippen LogP contribution in [0.15, 0.2) is 16.9 Å². The van der Waals surface area contributed by atoms with E-state index >= 15 is 0 Å². The number of hydrogen-bond acceptors (Lipinski definition) is 5. The van der Waals surface area contributed by atoms with Gasteiger partial charge >= 0.3 is 18.1 Å². The molecule has 0 unspecified atom stereocenters. The number of nitrogen functional groups attached to an aromatic ring is 1. The third kappa shape index (κ3) is 3.41. The minimum atomic E-state index is -4.97. The van der Waals surface area contributed by atoms with E-state index in [1.165, 1.54) is 0 Å². The Labute approximate surface area is 146 Å². The number of ether oxygens (including phenoxy) is 1. The van der Waals surface area contributed by atoms with E-state index in [-0.39, 0.29) is 6.07 Å². The number of hydrogen-bond donors (Lipinski definition) is 4. The third-order valence-electron chi connectivity index (χ3n) is 3.52. The molecule has 0 saturated heterocycles. The maximum atomic E-state index is 14.5. The fourth-order valence-corrected chi connectivity index (χ4v) is 2.45. The molecule has 0 bridgehead atoms. The summed E-state index contributed by atoms with van der Waals surface area (Å²) in [5, 5.41) is 18.6. The van der Waals surface area contributed by atoms with E-state index in [9.17, 15) is 42.2 Å². The number of alkyl halides is 3. The van der Waals surface area contributed by atoms with Gasteiger partial charge in [0.1, 0.15) is 28.5 Å². The van der Waals surface area contributed by atoms with E-state index < -0.39 is 68.9 Å². The quantitative estimate of drug-likeness (QED) is 0.586. The van der Waals surface area contributed by atoms with E-state index in [4.69, 9.17) is 5.73 Å². The molecule has 0 saturated carbocycles. The van der Waals surface area contributed by atoms with Gasteiger partial charge in [-0.2, -0.15) is 13.2 Å². The summed E-state index contributed by atoms with van der Waals surface area (Å²) < 4.78 is 57.9. The van der Waals surface area contributed by atoms with Crippen LogP contribution in [0.1, 0.15) is 26.3 Å². The number of nitrogens with two attached hydrogens (primary N) is 1. The van der Waals surface area contributed by atoms with Gasteiger partial charge in [-0.15, -0.1) is 0 Å². The molecule has 1 aromatic heterocycles. The van der Waals surface area contributed by atoms with Gasteiger partial charge in [0.15, 0.2) is 0 Å². The number of anilines is 1. The highest BCUT2D eigenvalue weighted by Gasteiger charge is 2.35. The first-order valence-electron chi connectivity index (χ1n) is 6.87. The van der Waals surface area contributed by atoms with Crippen LogP contribution in [0.3, 0.4) is 0 Å². The lowest BCUT2D eigenvalue weighted by Crippen LogP contribution is -2.24. The summed E-state index contributed by atoms with van der Waals surface area (Å²) in [6.45, 7) is 0. The summed E-state index contributed by atoms with van der Waals surface area (Å²) in [4.78, 5) is 36.7. The Bertz CT molecular complexity index is 1010. The first-order chi connectivity index (χ1) is 12.4. The van der Waals surface area contributed by atoms with Gasteiger partial charge in [-0.05, 0) is 12.1 Å². The lowest BCUT2D eigenvalue weighted by Gasteiger charge is -2.17. The second kappa shape index (κ2) is 6.63. The number of benzene rings is 1. The van der Waals surface area contributed by atoms with Crippen LogP contribution in [-0.2, 0) is 6.18 Å². The molecule has 0 aliphatic heterocycles. The molecule has 12 heteroatoms. The van der Waals surface area contributed by atoms with Crippen molar-refractivity contribution in [1.82, 2.24) is 4.98 Å². The maximum absolute atomic E-state index is 14.5. The third-order valence-corrected chi connectivity index (χ3v) is 3.52. The van der Waals surface area contributed by atoms with Gasteiger partial charge in [-0.25, -0.2) is 14.0 Å². The zero-order chi connectivity index (χ0) is 20.7. The smallest absolute Gasteiger partial charge is 0.416 e. The molecule has 0 aliphatic rings. The van der Waals surface area contributed by atoms with E-state index in [1.807, 2.05) is 0 Å². The Hall–Kier alpha value is -3.57. The number of rotatable bonds is 4. The van der Waals surface area contributed by atoms with Gasteiger partial charge in [0.25, 0.3) is 5.56 Å². The van der Waals surface area contributed by atoms with Crippen molar-refractivity contribution >= 4 is 17.8 Å². The van der Waals surface area contributed by atoms with Gasteiger partial charge in [0.05, 0.1) is 18.2 Å². The van der Waals surface area contributed by atoms with Gasteiger partial charge in [0.2, 0.25) is 0 Å². The molecule has 0 aliphatic carbocycles. The summed E-state index contributed by atoms with van der Waals surface area (Å²) in [6, 6.07) is 0.361. The number of nitrogens with one attached hydrogen (secondary N) is 1. The zero-order valence-corrected chi connectivity index (χ0v) is 13.3. The predicted octanol–water partition coefficient (Wildman–Crippen LogP) is 2.19. The molecule has 0 spiro atoms. The first kappa shape index (κ1) is 19.8. The van der Waals surface area contributed by atoms with Crippen molar-refractivity contribution in [3.8, 4) is 16.9 Å². The Kier molecular flexibility index (Phi) is 4.85. The summed E-state index contributed by atoms with van der Waals surface area (Å²) in [5.41, 5.74) is -1.65. The van der Waals surface area contributed by atoms with Crippen LogP contribution in [0.5, 0.6) is 5.75 Å². The average Bonchev–Trinajstić information content (AvgIpc) is 2.51. The van der Waals surface area contributed by atoms with E-state index in [2.05, 4.69) is 4.74 Å². The molecular weight excluding hydrogens is 380 g/mol. The fraction of sp³-hybridized carbons (Fsp3) is 0.133. The zero-order valence-electron chi connectivity index (χ0n) is 13.3. The van der Waals surface area contributed by atoms with Crippen molar-refractivity contribution in [2.75, 3.05) is 12.8 Å². The molecule has 0 fully saturated rings. The van der Waals surface area contributed by atoms with Gasteiger partial charge < -0.3 is 25.7 Å². The lowest BCUT2D eigenvalue weighted by atomic mass is 9.93. The molecule has 27 heavy (non-hydrogen) atoms. The number of halogens is 4. The minimum absolute atomic E-state index is 0.0203. The van der Waals surface area contributed by atoms with Crippen LogP contribution in [-0.4, -0.2) is 34.2 Å². The molecule has 0 amide bonds. The fourth-order valence-electron chi connectivity index (χ4n) is 2.45. The summed E-state index contributed by atoms with van der Waals surface area (Å²) >= 11 is 0. The molecule has 2 rings (SSSR count). The number of methoxy groups -OCH3 is 1. The number of aromatic amines is 1. The van der Waals surface area contributed by atoms with Crippen molar-refractivity contribution in [2.45, 2.75) is 6.18 Å². The van der Waals surface area contributed by atoms with Crippen molar-refractivity contribution in [2.24, 2.45) is 0 Å². The number of H-pyrrole nitrogens is 1. The molecule has 2 aromatic rings. The van der Waals surface area contributed by atoms with Crippen molar-refractivity contribution < 1.29 is 42.1 Å². The van der Waals surface area contributed by atoms with Gasteiger partial charge in [-0.1, -0.05) is 0 Å². The van der Waals surface area contributed by atoms with Gasteiger partial charge in [-0.3, -0.25) is 4.79 Å². The molecule has 1 heterocycles. The highest BCUT2D eigenvalue weighted by Crippen LogP contribution is 2.41.